The van der Waals surface area contributed by atoms with E-state index in [1.165, 1.54) is 41.9 Å². The summed E-state index contributed by atoms with van der Waals surface area (Å²) in [5.74, 6) is 0. The Balaban J connectivity index is 1.53. The summed E-state index contributed by atoms with van der Waals surface area (Å²) in [7, 11) is 0. The van der Waals surface area contributed by atoms with Crippen LogP contribution >= 0.6 is 0 Å². The van der Waals surface area contributed by atoms with Gasteiger partial charge in [-0.3, -0.25) is 4.90 Å². The van der Waals surface area contributed by atoms with E-state index in [-0.39, 0.29) is 0 Å². The first-order valence-corrected chi connectivity index (χ1v) is 8.20. The van der Waals surface area contributed by atoms with Crippen LogP contribution in [-0.2, 0) is 13.0 Å². The summed E-state index contributed by atoms with van der Waals surface area (Å²) in [5.41, 5.74) is 7.19. The molecule has 2 aromatic carbocycles. The number of anilines is 1. The van der Waals surface area contributed by atoms with Crippen LogP contribution < -0.4 is 5.32 Å². The van der Waals surface area contributed by atoms with Crippen molar-refractivity contribution in [3.63, 3.8) is 0 Å². The van der Waals surface area contributed by atoms with Crippen molar-refractivity contribution in [1.29, 1.82) is 0 Å². The van der Waals surface area contributed by atoms with E-state index in [1.54, 1.807) is 5.57 Å². The molecule has 0 bridgehead atoms. The van der Waals surface area contributed by atoms with Gasteiger partial charge in [-0.2, -0.15) is 0 Å². The molecule has 2 heterocycles. The summed E-state index contributed by atoms with van der Waals surface area (Å²) >= 11 is 0. The van der Waals surface area contributed by atoms with Gasteiger partial charge in [0.05, 0.1) is 0 Å². The fraction of sp³-hybridized carbons (Fsp3) is 0.300. The molecule has 22 heavy (non-hydrogen) atoms. The van der Waals surface area contributed by atoms with Crippen LogP contribution in [0.1, 0.15) is 24.0 Å². The molecule has 4 rings (SSSR count). The monoisotopic (exact) mass is 290 g/mol. The number of hydrogen-bond donors (Lipinski definition) is 1. The van der Waals surface area contributed by atoms with Gasteiger partial charge in [0.25, 0.3) is 0 Å². The van der Waals surface area contributed by atoms with Crippen molar-refractivity contribution >= 4 is 5.69 Å². The maximum atomic E-state index is 3.68. The Kier molecular flexibility index (Phi) is 3.69. The molecule has 2 aromatic rings. The average Bonchev–Trinajstić information content (AvgIpc) is 2.75. The highest BCUT2D eigenvalue weighted by Crippen LogP contribution is 2.31. The number of rotatable bonds is 2. The predicted octanol–water partition coefficient (Wildman–Crippen LogP) is 4.20. The lowest BCUT2D eigenvalue weighted by atomic mass is 9.96. The third-order valence-electron chi connectivity index (χ3n) is 4.70. The van der Waals surface area contributed by atoms with Crippen LogP contribution in [0, 0.1) is 0 Å². The van der Waals surface area contributed by atoms with Gasteiger partial charge in [-0.15, -0.1) is 0 Å². The minimum absolute atomic E-state index is 1.05. The van der Waals surface area contributed by atoms with E-state index in [0.717, 1.165) is 19.5 Å². The fourth-order valence-corrected chi connectivity index (χ4v) is 3.58. The predicted molar refractivity (Wildman–Crippen MR) is 91.7 cm³/mol. The number of allylic oxidation sites excluding steroid dienone is 1. The molecule has 112 valence electrons. The van der Waals surface area contributed by atoms with Gasteiger partial charge in [-0.1, -0.05) is 48.5 Å². The van der Waals surface area contributed by atoms with Crippen LogP contribution in [0.5, 0.6) is 0 Å². The second kappa shape index (κ2) is 5.98. The van der Waals surface area contributed by atoms with E-state index in [1.807, 2.05) is 0 Å². The molecule has 0 spiro atoms. The van der Waals surface area contributed by atoms with Gasteiger partial charge in [0.2, 0.25) is 0 Å². The third-order valence-corrected chi connectivity index (χ3v) is 4.70. The Hall–Kier alpha value is -2.06. The Labute approximate surface area is 132 Å². The number of nitrogens with zero attached hydrogens (tertiary/aromatic N) is 1. The minimum Gasteiger partial charge on any atom is -0.359 e. The maximum Gasteiger partial charge on any atom is 0.0417 e. The quantitative estimate of drug-likeness (QED) is 0.891. The van der Waals surface area contributed by atoms with Gasteiger partial charge in [0.15, 0.2) is 0 Å². The first kappa shape index (κ1) is 13.6. The molecule has 0 atom stereocenters. The molecular formula is C20H22N2. The number of hydrogen-bond acceptors (Lipinski definition) is 2. The smallest absolute Gasteiger partial charge is 0.0417 e. The van der Waals surface area contributed by atoms with Crippen molar-refractivity contribution in [3.05, 3.63) is 77.0 Å². The number of para-hydroxylation sites is 1. The first-order chi connectivity index (χ1) is 10.9. The topological polar surface area (TPSA) is 15.3 Å². The van der Waals surface area contributed by atoms with E-state index in [4.69, 9.17) is 0 Å². The molecule has 1 N–H and O–H groups in total. The first-order valence-electron chi connectivity index (χ1n) is 8.20. The molecule has 0 radical (unpaired) electrons. The summed E-state index contributed by atoms with van der Waals surface area (Å²) in [5, 5.41) is 3.68. The van der Waals surface area contributed by atoms with Crippen molar-refractivity contribution < 1.29 is 0 Å². The Bertz CT molecular complexity index is 688. The minimum atomic E-state index is 1.05. The van der Waals surface area contributed by atoms with Gasteiger partial charge in [-0.25, -0.2) is 0 Å². The number of nitrogens with one attached hydrogen (secondary N) is 1. The van der Waals surface area contributed by atoms with Crippen LogP contribution in [0.25, 0.3) is 0 Å². The molecule has 2 aliphatic heterocycles. The van der Waals surface area contributed by atoms with Crippen molar-refractivity contribution in [2.24, 2.45) is 0 Å². The van der Waals surface area contributed by atoms with Crippen LogP contribution in [-0.4, -0.2) is 18.0 Å². The highest BCUT2D eigenvalue weighted by Gasteiger charge is 2.22. The number of benzene rings is 2. The standard InChI is InChI=1S/C20H22N2/c1-2-7-16(8-3-1)14-22-12-6-11-20-18(15-22)13-17-9-4-5-10-19(17)21-20/h1-5,7-10,21H,6,11-15H2. The fourth-order valence-electron chi connectivity index (χ4n) is 3.58. The largest absolute Gasteiger partial charge is 0.359 e. The van der Waals surface area contributed by atoms with E-state index in [0.29, 0.717) is 0 Å². The molecule has 0 fully saturated rings. The third kappa shape index (κ3) is 2.79. The van der Waals surface area contributed by atoms with Crippen LogP contribution in [0.15, 0.2) is 65.9 Å². The molecule has 0 aliphatic carbocycles. The maximum absolute atomic E-state index is 3.68. The lowest BCUT2D eigenvalue weighted by Gasteiger charge is -2.26. The zero-order chi connectivity index (χ0) is 14.8. The van der Waals surface area contributed by atoms with Crippen LogP contribution in [0.2, 0.25) is 0 Å². The van der Waals surface area contributed by atoms with Crippen molar-refractivity contribution in [2.75, 3.05) is 18.4 Å². The Morgan fingerprint density at radius 2 is 1.77 bits per heavy atom. The van der Waals surface area contributed by atoms with Gasteiger partial charge >= 0.3 is 0 Å². The second-order valence-electron chi connectivity index (χ2n) is 6.34. The lowest BCUT2D eigenvalue weighted by molar-refractivity contribution is 0.290. The van der Waals surface area contributed by atoms with Gasteiger partial charge in [-0.05, 0) is 48.6 Å². The summed E-state index contributed by atoms with van der Waals surface area (Å²) in [6.07, 6.45) is 3.51. The summed E-state index contributed by atoms with van der Waals surface area (Å²) in [6.45, 7) is 3.32. The van der Waals surface area contributed by atoms with Gasteiger partial charge in [0.1, 0.15) is 0 Å². The average molecular weight is 290 g/mol. The molecule has 2 nitrogen and oxygen atoms in total. The normalized spacial score (nSPS) is 18.2. The van der Waals surface area contributed by atoms with Crippen molar-refractivity contribution in [2.45, 2.75) is 25.8 Å². The Morgan fingerprint density at radius 3 is 2.68 bits per heavy atom. The summed E-state index contributed by atoms with van der Waals surface area (Å²) in [6, 6.07) is 19.5. The van der Waals surface area contributed by atoms with Gasteiger partial charge in [0, 0.05) is 24.5 Å². The zero-order valence-corrected chi connectivity index (χ0v) is 12.9. The van der Waals surface area contributed by atoms with E-state index < -0.39 is 0 Å². The van der Waals surface area contributed by atoms with Crippen LogP contribution in [0.4, 0.5) is 5.69 Å². The highest BCUT2D eigenvalue weighted by atomic mass is 15.1. The summed E-state index contributed by atoms with van der Waals surface area (Å²) < 4.78 is 0. The Morgan fingerprint density at radius 1 is 0.955 bits per heavy atom. The summed E-state index contributed by atoms with van der Waals surface area (Å²) in [4.78, 5) is 2.59. The van der Waals surface area contributed by atoms with Crippen LogP contribution in [0.3, 0.4) is 0 Å². The second-order valence-corrected chi connectivity index (χ2v) is 6.34. The SMILES string of the molecule is c1ccc(CN2CCCC3=C(Cc4ccccc4N3)C2)cc1. The molecule has 2 heteroatoms. The van der Waals surface area contributed by atoms with Gasteiger partial charge < -0.3 is 5.32 Å². The molecule has 0 saturated heterocycles. The molecule has 0 unspecified atom stereocenters. The van der Waals surface area contributed by atoms with E-state index in [2.05, 4.69) is 64.8 Å². The zero-order valence-electron chi connectivity index (χ0n) is 12.9. The van der Waals surface area contributed by atoms with Crippen molar-refractivity contribution in [1.82, 2.24) is 4.90 Å². The van der Waals surface area contributed by atoms with E-state index in [9.17, 15) is 0 Å². The highest BCUT2D eigenvalue weighted by molar-refractivity contribution is 5.60. The van der Waals surface area contributed by atoms with Crippen molar-refractivity contribution in [3.8, 4) is 0 Å². The lowest BCUT2D eigenvalue weighted by Crippen LogP contribution is -2.27. The van der Waals surface area contributed by atoms with E-state index >= 15 is 0 Å². The molecule has 2 aliphatic rings. The molecule has 0 saturated carbocycles. The number of fused-ring (bicyclic) bond motifs is 1. The molecular weight excluding hydrogens is 268 g/mol. The molecule has 0 aromatic heterocycles. The molecule has 0 amide bonds.